The average molecular weight is 340 g/mol. The van der Waals surface area contributed by atoms with Gasteiger partial charge in [0.15, 0.2) is 5.82 Å². The Morgan fingerprint density at radius 2 is 2.00 bits per heavy atom. The monoisotopic (exact) mass is 340 g/mol. The molecule has 0 spiro atoms. The van der Waals surface area contributed by atoms with Gasteiger partial charge in [0.05, 0.1) is 12.0 Å². The first-order valence-electron chi connectivity index (χ1n) is 6.92. The quantitative estimate of drug-likeness (QED) is 0.561. The first-order chi connectivity index (χ1) is 11.3. The third kappa shape index (κ3) is 2.64. The van der Waals surface area contributed by atoms with E-state index in [-0.39, 0.29) is 0 Å². The van der Waals surface area contributed by atoms with Crippen LogP contribution in [0.1, 0.15) is 10.6 Å². The molecule has 0 N–H and O–H groups in total. The van der Waals surface area contributed by atoms with Crippen LogP contribution in [0.15, 0.2) is 41.8 Å². The van der Waals surface area contributed by atoms with Gasteiger partial charge in [-0.1, -0.05) is 35.6 Å². The molecule has 0 bridgehead atoms. The lowest BCUT2D eigenvalue weighted by molar-refractivity contribution is 0.414. The molecule has 114 valence electrons. The maximum Gasteiger partial charge on any atom is 0.235 e. The molecule has 0 atom stereocenters. The Labute approximate surface area is 140 Å². The van der Waals surface area contributed by atoms with E-state index in [4.69, 9.17) is 4.74 Å². The number of hydrogen-bond donors (Lipinski definition) is 0. The van der Waals surface area contributed by atoms with Crippen molar-refractivity contribution in [1.29, 1.82) is 0 Å². The number of methoxy groups -OCH3 is 1. The maximum atomic E-state index is 5.35. The lowest BCUT2D eigenvalue weighted by Gasteiger charge is -2.02. The van der Waals surface area contributed by atoms with Gasteiger partial charge in [0, 0.05) is 5.56 Å². The molecule has 0 aliphatic rings. The Morgan fingerprint density at radius 3 is 2.83 bits per heavy atom. The highest BCUT2D eigenvalue weighted by molar-refractivity contribution is 7.17. The van der Waals surface area contributed by atoms with Gasteiger partial charge in [0.2, 0.25) is 4.96 Å². The normalized spacial score (nSPS) is 11.5. The van der Waals surface area contributed by atoms with Crippen molar-refractivity contribution in [2.24, 2.45) is 0 Å². The molecule has 23 heavy (non-hydrogen) atoms. The smallest absolute Gasteiger partial charge is 0.235 e. The van der Waals surface area contributed by atoms with E-state index >= 15 is 0 Å². The maximum absolute atomic E-state index is 5.35. The van der Waals surface area contributed by atoms with Crippen LogP contribution in [-0.4, -0.2) is 26.9 Å². The van der Waals surface area contributed by atoms with E-state index in [9.17, 15) is 0 Å². The lowest BCUT2D eigenvalue weighted by Crippen LogP contribution is -1.88. The number of ether oxygens (including phenoxy) is 1. The molecule has 0 saturated heterocycles. The van der Waals surface area contributed by atoms with Crippen LogP contribution in [0.4, 0.5) is 0 Å². The topological polar surface area (TPSA) is 52.3 Å². The Kier molecular flexibility index (Phi) is 3.64. The number of thiophene rings is 1. The van der Waals surface area contributed by atoms with E-state index in [0.29, 0.717) is 0 Å². The molecule has 0 unspecified atom stereocenters. The van der Waals surface area contributed by atoms with E-state index in [1.165, 1.54) is 11.3 Å². The van der Waals surface area contributed by atoms with Gasteiger partial charge in [0.1, 0.15) is 10.8 Å². The molecular weight excluding hydrogens is 328 g/mol. The first kappa shape index (κ1) is 14.1. The van der Waals surface area contributed by atoms with Crippen molar-refractivity contribution in [3.63, 3.8) is 0 Å². The van der Waals surface area contributed by atoms with Crippen molar-refractivity contribution >= 4 is 39.8 Å². The summed E-state index contributed by atoms with van der Waals surface area (Å²) in [7, 11) is 1.67. The zero-order valence-corrected chi connectivity index (χ0v) is 13.8. The van der Waals surface area contributed by atoms with Gasteiger partial charge < -0.3 is 4.74 Å². The van der Waals surface area contributed by atoms with Gasteiger partial charge in [0.25, 0.3) is 0 Å². The first-order valence-corrected chi connectivity index (χ1v) is 8.62. The summed E-state index contributed by atoms with van der Waals surface area (Å²) in [6.07, 6.45) is 3.96. The van der Waals surface area contributed by atoms with E-state index in [0.717, 1.165) is 32.0 Å². The minimum atomic E-state index is 0.781. The summed E-state index contributed by atoms with van der Waals surface area (Å²) in [5.41, 5.74) is 1.01. The van der Waals surface area contributed by atoms with Crippen LogP contribution in [0.25, 0.3) is 27.8 Å². The van der Waals surface area contributed by atoms with Crippen LogP contribution in [-0.2, 0) is 0 Å². The molecule has 7 heteroatoms. The van der Waals surface area contributed by atoms with Crippen molar-refractivity contribution in [2.75, 3.05) is 7.11 Å². The zero-order chi connectivity index (χ0) is 15.6. The third-order valence-electron chi connectivity index (χ3n) is 3.29. The molecule has 0 amide bonds. The Bertz CT molecular complexity index is 969. The molecule has 3 aromatic heterocycles. The Balaban J connectivity index is 1.69. The van der Waals surface area contributed by atoms with Crippen molar-refractivity contribution < 1.29 is 4.74 Å². The molecular formula is C16H12N4OS2. The fourth-order valence-corrected chi connectivity index (χ4v) is 3.66. The summed E-state index contributed by atoms with van der Waals surface area (Å²) in [5.74, 6) is 1.62. The predicted molar refractivity (Wildman–Crippen MR) is 93.9 cm³/mol. The minimum Gasteiger partial charge on any atom is -0.496 e. The van der Waals surface area contributed by atoms with Gasteiger partial charge in [-0.2, -0.15) is 9.61 Å². The van der Waals surface area contributed by atoms with Crippen molar-refractivity contribution in [1.82, 2.24) is 19.8 Å². The molecule has 0 radical (unpaired) electrons. The summed E-state index contributed by atoms with van der Waals surface area (Å²) in [6.45, 7) is 0. The second-order valence-electron chi connectivity index (χ2n) is 4.71. The molecule has 3 heterocycles. The molecule has 4 aromatic rings. The van der Waals surface area contributed by atoms with Gasteiger partial charge >= 0.3 is 0 Å². The fraction of sp³-hybridized carbons (Fsp3) is 0.0625. The Morgan fingerprint density at radius 1 is 1.09 bits per heavy atom. The van der Waals surface area contributed by atoms with Crippen LogP contribution < -0.4 is 4.74 Å². The molecule has 0 saturated carbocycles. The molecule has 4 rings (SSSR count). The second-order valence-corrected chi connectivity index (χ2v) is 6.65. The number of aromatic nitrogens is 4. The van der Waals surface area contributed by atoms with Crippen LogP contribution in [0.2, 0.25) is 0 Å². The van der Waals surface area contributed by atoms with Crippen molar-refractivity contribution in [2.45, 2.75) is 0 Å². The lowest BCUT2D eigenvalue weighted by atomic mass is 10.2. The highest BCUT2D eigenvalue weighted by atomic mass is 32.1. The van der Waals surface area contributed by atoms with E-state index in [2.05, 4.69) is 15.3 Å². The summed E-state index contributed by atoms with van der Waals surface area (Å²) in [5, 5.41) is 15.9. The highest BCUT2D eigenvalue weighted by Crippen LogP contribution is 2.26. The molecule has 0 fully saturated rings. The number of para-hydroxylation sites is 1. The third-order valence-corrected chi connectivity index (χ3v) is 5.02. The predicted octanol–water partition coefficient (Wildman–Crippen LogP) is 4.09. The largest absolute Gasteiger partial charge is 0.496 e. The van der Waals surface area contributed by atoms with Gasteiger partial charge in [-0.05, 0) is 29.7 Å². The van der Waals surface area contributed by atoms with E-state index < -0.39 is 0 Å². The second kappa shape index (κ2) is 5.94. The number of nitrogens with zero attached hydrogens (tertiary/aromatic N) is 4. The van der Waals surface area contributed by atoms with E-state index in [1.54, 1.807) is 23.0 Å². The van der Waals surface area contributed by atoms with Crippen LogP contribution in [0.5, 0.6) is 5.75 Å². The van der Waals surface area contributed by atoms with Crippen molar-refractivity contribution in [3.8, 4) is 16.5 Å². The molecule has 5 nitrogen and oxygen atoms in total. The average Bonchev–Trinajstić information content (AvgIpc) is 3.29. The standard InChI is InChI=1S/C16H12N4OS2/c1-21-12-6-3-2-5-11(12)8-9-14-19-20-15(13-7-4-10-22-13)17-18-16(20)23-14/h2-10H,1H3. The van der Waals surface area contributed by atoms with E-state index in [1.807, 2.05) is 53.9 Å². The number of hydrogen-bond acceptors (Lipinski definition) is 6. The van der Waals surface area contributed by atoms with Crippen LogP contribution in [0.3, 0.4) is 0 Å². The van der Waals surface area contributed by atoms with Gasteiger partial charge in [-0.25, -0.2) is 0 Å². The number of fused-ring (bicyclic) bond motifs is 1. The van der Waals surface area contributed by atoms with Gasteiger partial charge in [-0.15, -0.1) is 21.5 Å². The van der Waals surface area contributed by atoms with Crippen LogP contribution >= 0.6 is 22.7 Å². The summed E-state index contributed by atoms with van der Waals surface area (Å²) in [4.78, 5) is 1.84. The van der Waals surface area contributed by atoms with Gasteiger partial charge in [-0.3, -0.25) is 0 Å². The number of benzene rings is 1. The molecule has 0 aliphatic heterocycles. The molecule has 0 aliphatic carbocycles. The van der Waals surface area contributed by atoms with Crippen molar-refractivity contribution in [3.05, 3.63) is 52.3 Å². The van der Waals surface area contributed by atoms with Crippen LogP contribution in [0, 0.1) is 0 Å². The molecule has 1 aromatic carbocycles. The summed E-state index contributed by atoms with van der Waals surface area (Å²) < 4.78 is 7.14. The SMILES string of the molecule is COc1ccccc1C=Cc1nn2c(-c3cccs3)nnc2s1. The zero-order valence-electron chi connectivity index (χ0n) is 12.2. The summed E-state index contributed by atoms with van der Waals surface area (Å²) in [6, 6.07) is 11.9. The number of rotatable bonds is 4. The highest BCUT2D eigenvalue weighted by Gasteiger charge is 2.12. The minimum absolute atomic E-state index is 0.781. The Hall–Kier alpha value is -2.51. The fourth-order valence-electron chi connectivity index (χ4n) is 2.22. The summed E-state index contributed by atoms with van der Waals surface area (Å²) >= 11 is 3.13.